The fourth-order valence-corrected chi connectivity index (χ4v) is 7.84. The van der Waals surface area contributed by atoms with E-state index in [1.807, 2.05) is 79.3 Å². The number of aromatic nitrogens is 3. The van der Waals surface area contributed by atoms with Crippen molar-refractivity contribution in [2.75, 3.05) is 0 Å². The van der Waals surface area contributed by atoms with Crippen molar-refractivity contribution in [2.24, 2.45) is 5.92 Å². The fraction of sp³-hybridized carbons (Fsp3) is 0.135. The van der Waals surface area contributed by atoms with Crippen LogP contribution in [0.4, 0.5) is 4.39 Å². The van der Waals surface area contributed by atoms with Crippen molar-refractivity contribution in [3.8, 4) is 44.9 Å². The van der Waals surface area contributed by atoms with Gasteiger partial charge in [-0.05, 0) is 94.9 Å². The largest absolute Gasteiger partial charge is 0.455 e. The number of benzene rings is 5. The Morgan fingerprint density at radius 1 is 0.542 bits per heavy atom. The third-order valence-corrected chi connectivity index (χ3v) is 11.9. The van der Waals surface area contributed by atoms with E-state index in [9.17, 15) is 4.39 Å². The summed E-state index contributed by atoms with van der Waals surface area (Å²) in [5.41, 5.74) is 11.3. The molecule has 7 heteroatoms. The molecule has 5 aromatic carbocycles. The molecular weight excluding hydrogens is 922 g/mol. The zero-order valence-corrected chi connectivity index (χ0v) is 37.5. The number of hydrogen-bond acceptors (Lipinski definition) is 4. The first-order chi connectivity index (χ1) is 28.1. The van der Waals surface area contributed by atoms with E-state index in [1.165, 1.54) is 28.4 Å². The second-order valence-electron chi connectivity index (χ2n) is 15.8. The molecule has 4 nitrogen and oxygen atoms in total. The predicted molar refractivity (Wildman–Crippen MR) is 243 cm³/mol. The molecule has 59 heavy (non-hydrogen) atoms. The van der Waals surface area contributed by atoms with Gasteiger partial charge in [0.1, 0.15) is 17.0 Å². The molecule has 0 spiro atoms. The van der Waals surface area contributed by atoms with E-state index in [2.05, 4.69) is 127 Å². The smallest absolute Gasteiger partial charge is 0.144 e. The number of nitrogens with zero attached hydrogens (tertiary/aromatic N) is 3. The molecule has 1 radical (unpaired) electrons. The van der Waals surface area contributed by atoms with Crippen LogP contribution in [0.5, 0.6) is 0 Å². The molecule has 0 N–H and O–H groups in total. The topological polar surface area (TPSA) is 51.8 Å². The summed E-state index contributed by atoms with van der Waals surface area (Å²) in [6.45, 7) is 11.5. The summed E-state index contributed by atoms with van der Waals surface area (Å²) in [4.78, 5) is 13.4. The van der Waals surface area contributed by atoms with Crippen LogP contribution in [0.1, 0.15) is 19.4 Å². The van der Waals surface area contributed by atoms with Crippen molar-refractivity contribution in [1.82, 2.24) is 15.0 Å². The quantitative estimate of drug-likeness (QED) is 0.149. The van der Waals surface area contributed by atoms with E-state index in [4.69, 9.17) is 4.42 Å². The van der Waals surface area contributed by atoms with Crippen LogP contribution < -0.4 is 5.19 Å². The van der Waals surface area contributed by atoms with Gasteiger partial charge in [-0.3, -0.25) is 15.0 Å². The van der Waals surface area contributed by atoms with Crippen molar-refractivity contribution in [1.29, 1.82) is 0 Å². The molecule has 9 rings (SSSR count). The minimum Gasteiger partial charge on any atom is -0.455 e. The van der Waals surface area contributed by atoms with Crippen molar-refractivity contribution >= 4 is 35.2 Å². The molecule has 0 aliphatic heterocycles. The minimum absolute atomic E-state index is 0. The molecule has 4 heterocycles. The zero-order chi connectivity index (χ0) is 40.5. The summed E-state index contributed by atoms with van der Waals surface area (Å²) in [5.74, 6) is 0.354. The van der Waals surface area contributed by atoms with Crippen LogP contribution in [0, 0.1) is 11.7 Å². The van der Waals surface area contributed by atoms with E-state index in [0.29, 0.717) is 5.92 Å². The maximum absolute atomic E-state index is 13.3. The summed E-state index contributed by atoms with van der Waals surface area (Å²) < 4.78 is 19.6. The fourth-order valence-electron chi connectivity index (χ4n) is 6.80. The standard InChI is InChI=1S/C27H22FNO.C14H17NSi.C11H9N.Ir/c1-17(2)14-18-12-13-29-25(15-18)24-5-3-4-23-22-11-8-20(16-26(22)30-27(23)24)19-6-9-21(28)10-7-19;1-16(2,3)13-9-10-14(15-11-13)12-7-5-4-6-8-12;1-2-6-10(7-3-1)11-8-4-5-9-12-11;/h3-13,15-17H,14H2,1-2H3;4-11H,1-3H3;1-9H;. The minimum atomic E-state index is -1.22. The molecule has 9 aromatic rings. The Balaban J connectivity index is 0.000000169. The first kappa shape index (κ1) is 42.7. The Hall–Kier alpha value is -5.85. The number of pyridine rings is 3. The molecule has 0 fully saturated rings. The number of para-hydroxylation sites is 1. The van der Waals surface area contributed by atoms with Crippen molar-refractivity contribution in [2.45, 2.75) is 39.9 Å². The Morgan fingerprint density at radius 2 is 1.19 bits per heavy atom. The second kappa shape index (κ2) is 19.7. The van der Waals surface area contributed by atoms with Gasteiger partial charge in [0.2, 0.25) is 0 Å². The number of rotatable bonds is 7. The van der Waals surface area contributed by atoms with E-state index in [-0.39, 0.29) is 25.9 Å². The van der Waals surface area contributed by atoms with Gasteiger partial charge in [-0.2, -0.15) is 0 Å². The van der Waals surface area contributed by atoms with Crippen molar-refractivity contribution in [3.05, 3.63) is 194 Å². The van der Waals surface area contributed by atoms with Crippen LogP contribution in [-0.2, 0) is 26.5 Å². The van der Waals surface area contributed by atoms with Crippen LogP contribution in [-0.4, -0.2) is 23.0 Å². The molecule has 0 saturated carbocycles. The SMILES string of the molecule is CC(C)Cc1ccnc(-c2cccc3c2oc2cc(-c4ccc(F)cc4)ccc23)c1.C[Si](C)(C)c1ccc(-c2ccccc2)nc1.[Ir].c1ccc(-c2ccccn2)cc1. The van der Waals surface area contributed by atoms with Gasteiger partial charge in [0, 0.05) is 66.2 Å². The Kier molecular flexibility index (Phi) is 14.3. The Labute approximate surface area is 361 Å². The summed E-state index contributed by atoms with van der Waals surface area (Å²) in [5, 5.41) is 3.55. The third-order valence-electron chi connectivity index (χ3n) is 9.85. The van der Waals surface area contributed by atoms with Crippen molar-refractivity contribution < 1.29 is 28.9 Å². The van der Waals surface area contributed by atoms with Gasteiger partial charge < -0.3 is 4.42 Å². The van der Waals surface area contributed by atoms with E-state index in [0.717, 1.165) is 67.7 Å². The first-order valence-electron chi connectivity index (χ1n) is 19.8. The summed E-state index contributed by atoms with van der Waals surface area (Å²) >= 11 is 0. The van der Waals surface area contributed by atoms with E-state index < -0.39 is 8.07 Å². The number of fused-ring (bicyclic) bond motifs is 3. The molecule has 4 aromatic heterocycles. The zero-order valence-electron chi connectivity index (χ0n) is 34.1. The van der Waals surface area contributed by atoms with Crippen LogP contribution in [0.2, 0.25) is 19.6 Å². The van der Waals surface area contributed by atoms with E-state index in [1.54, 1.807) is 12.1 Å². The number of halogens is 1. The number of hydrogen-bond donors (Lipinski definition) is 0. The monoisotopic (exact) mass is 970 g/mol. The first-order valence-corrected chi connectivity index (χ1v) is 23.3. The Morgan fingerprint density at radius 3 is 1.80 bits per heavy atom. The van der Waals surface area contributed by atoms with Gasteiger partial charge >= 0.3 is 0 Å². The molecule has 297 valence electrons. The van der Waals surface area contributed by atoms with Gasteiger partial charge in [-0.1, -0.05) is 137 Å². The van der Waals surface area contributed by atoms with Crippen molar-refractivity contribution in [3.63, 3.8) is 0 Å². The van der Waals surface area contributed by atoms with Crippen LogP contribution >= 0.6 is 0 Å². The van der Waals surface area contributed by atoms with Crippen LogP contribution in [0.3, 0.4) is 0 Å². The molecule has 0 atom stereocenters. The van der Waals surface area contributed by atoms with Gasteiger partial charge in [-0.25, -0.2) is 4.39 Å². The van der Waals surface area contributed by atoms with E-state index >= 15 is 0 Å². The van der Waals surface area contributed by atoms with Crippen LogP contribution in [0.15, 0.2) is 187 Å². The normalized spacial score (nSPS) is 11.0. The molecule has 0 bridgehead atoms. The van der Waals surface area contributed by atoms with Crippen LogP contribution in [0.25, 0.3) is 66.8 Å². The van der Waals surface area contributed by atoms with Gasteiger partial charge in [0.25, 0.3) is 0 Å². The number of furan rings is 1. The van der Waals surface area contributed by atoms with Gasteiger partial charge in [0.15, 0.2) is 0 Å². The summed E-state index contributed by atoms with van der Waals surface area (Å²) in [7, 11) is -1.22. The molecule has 0 saturated heterocycles. The summed E-state index contributed by atoms with van der Waals surface area (Å²) in [6.07, 6.45) is 6.74. The summed E-state index contributed by atoms with van der Waals surface area (Å²) in [6, 6.07) is 53.9. The maximum Gasteiger partial charge on any atom is 0.144 e. The average molecular weight is 970 g/mol. The van der Waals surface area contributed by atoms with Gasteiger partial charge in [0.05, 0.1) is 25.2 Å². The molecule has 0 unspecified atom stereocenters. The maximum atomic E-state index is 13.3. The molecular formula is C52H48FIrN3OSi. The average Bonchev–Trinajstić information content (AvgIpc) is 3.63. The molecule has 0 aliphatic carbocycles. The predicted octanol–water partition coefficient (Wildman–Crippen LogP) is 13.7. The third kappa shape index (κ3) is 11.0. The molecule has 0 aliphatic rings. The second-order valence-corrected chi connectivity index (χ2v) is 20.9. The molecule has 0 amide bonds. The Bertz CT molecular complexity index is 2660. The van der Waals surface area contributed by atoms with Gasteiger partial charge in [-0.15, -0.1) is 0 Å².